The van der Waals surface area contributed by atoms with Crippen molar-refractivity contribution in [3.8, 4) is 5.75 Å². The molecule has 0 saturated carbocycles. The van der Waals surface area contributed by atoms with E-state index in [1.54, 1.807) is 0 Å². The zero-order valence-corrected chi connectivity index (χ0v) is 8.82. The van der Waals surface area contributed by atoms with E-state index in [9.17, 15) is 22.4 Å². The number of hydrogen-bond donors (Lipinski definition) is 2. The fourth-order valence-corrected chi connectivity index (χ4v) is 1.09. The van der Waals surface area contributed by atoms with Gasteiger partial charge in [-0.15, -0.1) is 0 Å². The molecule has 18 heavy (non-hydrogen) atoms. The second-order valence-corrected chi connectivity index (χ2v) is 3.35. The van der Waals surface area contributed by atoms with E-state index in [-0.39, 0.29) is 5.56 Å². The van der Waals surface area contributed by atoms with Crippen molar-refractivity contribution in [2.45, 2.75) is 18.6 Å². The third-order valence-electron chi connectivity index (χ3n) is 2.01. The van der Waals surface area contributed by atoms with Gasteiger partial charge < -0.3 is 15.6 Å². The van der Waals surface area contributed by atoms with Crippen molar-refractivity contribution in [2.24, 2.45) is 5.73 Å². The van der Waals surface area contributed by atoms with Crippen molar-refractivity contribution in [3.05, 3.63) is 29.8 Å². The van der Waals surface area contributed by atoms with Gasteiger partial charge in [-0.1, -0.05) is 12.1 Å². The first-order valence-electron chi connectivity index (χ1n) is 4.67. The number of halogens is 4. The number of hydrogen-bond acceptors (Lipinski definition) is 3. The number of carbonyl (C=O) groups is 1. The Morgan fingerprint density at radius 2 is 1.78 bits per heavy atom. The highest BCUT2D eigenvalue weighted by atomic mass is 19.3. The molecule has 1 aromatic rings. The largest absolute Gasteiger partial charge is 0.480 e. The monoisotopic (exact) mass is 267 g/mol. The standard InChI is InChI=1S/C10H9F4NO3/c11-9(12)10(13,14)18-6-3-1-5(2-4-6)7(15)8(16)17/h1-4,7,9H,15H2,(H,16,17)/t7-/m0/s1. The molecule has 0 saturated heterocycles. The van der Waals surface area contributed by atoms with E-state index in [4.69, 9.17) is 10.8 Å². The Labute approximate surface area is 99.0 Å². The molecule has 0 radical (unpaired) electrons. The average Bonchev–Trinajstić information content (AvgIpc) is 2.28. The Morgan fingerprint density at radius 1 is 1.28 bits per heavy atom. The molecule has 4 nitrogen and oxygen atoms in total. The smallest absolute Gasteiger partial charge is 0.461 e. The van der Waals surface area contributed by atoms with Crippen LogP contribution in [0, 0.1) is 0 Å². The Bertz CT molecular complexity index is 422. The average molecular weight is 267 g/mol. The molecule has 0 bridgehead atoms. The van der Waals surface area contributed by atoms with Crippen molar-refractivity contribution in [3.63, 3.8) is 0 Å². The molecule has 8 heteroatoms. The first-order chi connectivity index (χ1) is 8.24. The number of aliphatic carboxylic acids is 1. The van der Waals surface area contributed by atoms with Gasteiger partial charge in [0, 0.05) is 0 Å². The molecule has 0 fully saturated rings. The Balaban J connectivity index is 2.81. The van der Waals surface area contributed by atoms with Crippen molar-refractivity contribution in [2.75, 3.05) is 0 Å². The van der Waals surface area contributed by atoms with Crippen LogP contribution < -0.4 is 10.5 Å². The van der Waals surface area contributed by atoms with Crippen molar-refractivity contribution in [1.82, 2.24) is 0 Å². The van der Waals surface area contributed by atoms with E-state index >= 15 is 0 Å². The maximum atomic E-state index is 12.5. The molecule has 0 aliphatic rings. The lowest BCUT2D eigenvalue weighted by molar-refractivity contribution is -0.253. The predicted molar refractivity (Wildman–Crippen MR) is 52.6 cm³/mol. The summed E-state index contributed by atoms with van der Waals surface area (Å²) in [5, 5.41) is 8.59. The van der Waals surface area contributed by atoms with Crippen LogP contribution in [0.15, 0.2) is 24.3 Å². The highest BCUT2D eigenvalue weighted by Crippen LogP contribution is 2.28. The molecule has 0 spiro atoms. The van der Waals surface area contributed by atoms with Crippen LogP contribution in [-0.2, 0) is 4.79 Å². The fraction of sp³-hybridized carbons (Fsp3) is 0.300. The minimum atomic E-state index is -4.60. The number of carboxylic acids is 1. The molecule has 1 atom stereocenters. The topological polar surface area (TPSA) is 72.6 Å². The first-order valence-corrected chi connectivity index (χ1v) is 4.67. The first kappa shape index (κ1) is 14.2. The van der Waals surface area contributed by atoms with Gasteiger partial charge in [0.2, 0.25) is 0 Å². The summed E-state index contributed by atoms with van der Waals surface area (Å²) in [6.45, 7) is 0. The summed E-state index contributed by atoms with van der Waals surface area (Å²) in [5.41, 5.74) is 5.39. The summed E-state index contributed by atoms with van der Waals surface area (Å²) < 4.78 is 52.5. The van der Waals surface area contributed by atoms with Gasteiger partial charge in [0.15, 0.2) is 0 Å². The second kappa shape index (κ2) is 5.21. The molecular formula is C10H9F4NO3. The van der Waals surface area contributed by atoms with Crippen molar-refractivity contribution >= 4 is 5.97 Å². The van der Waals surface area contributed by atoms with Crippen LogP contribution in [0.5, 0.6) is 5.75 Å². The van der Waals surface area contributed by atoms with Crippen LogP contribution in [0.4, 0.5) is 17.6 Å². The van der Waals surface area contributed by atoms with Crippen LogP contribution in [0.25, 0.3) is 0 Å². The summed E-state index contributed by atoms with van der Waals surface area (Å²) in [7, 11) is 0. The number of nitrogens with two attached hydrogens (primary N) is 1. The van der Waals surface area contributed by atoms with Crippen molar-refractivity contribution in [1.29, 1.82) is 0 Å². The van der Waals surface area contributed by atoms with E-state index in [1.165, 1.54) is 0 Å². The van der Waals surface area contributed by atoms with Crippen LogP contribution in [0.2, 0.25) is 0 Å². The summed E-state index contributed by atoms with van der Waals surface area (Å²) in [5.74, 6) is -1.82. The van der Waals surface area contributed by atoms with E-state index < -0.39 is 30.3 Å². The van der Waals surface area contributed by atoms with Gasteiger partial charge in [-0.05, 0) is 17.7 Å². The molecule has 1 rings (SSSR count). The molecule has 0 aromatic heterocycles. The van der Waals surface area contributed by atoms with Gasteiger partial charge in [0.1, 0.15) is 11.8 Å². The quantitative estimate of drug-likeness (QED) is 0.800. The summed E-state index contributed by atoms with van der Waals surface area (Å²) in [6, 6.07) is 2.77. The number of ether oxygens (including phenoxy) is 1. The van der Waals surface area contributed by atoms with Gasteiger partial charge >= 0.3 is 18.5 Å². The van der Waals surface area contributed by atoms with E-state index in [2.05, 4.69) is 4.74 Å². The zero-order chi connectivity index (χ0) is 13.9. The molecule has 0 amide bonds. The molecule has 1 aromatic carbocycles. The molecule has 0 aliphatic heterocycles. The predicted octanol–water partition coefficient (Wildman–Crippen LogP) is 2.01. The fourth-order valence-electron chi connectivity index (χ4n) is 1.09. The second-order valence-electron chi connectivity index (χ2n) is 3.35. The van der Waals surface area contributed by atoms with Crippen molar-refractivity contribution < 1.29 is 32.2 Å². The number of carboxylic acid groups (broad SMARTS) is 1. The lowest BCUT2D eigenvalue weighted by Gasteiger charge is -2.17. The third kappa shape index (κ3) is 3.33. The molecule has 0 aliphatic carbocycles. The summed E-state index contributed by atoms with van der Waals surface area (Å²) in [6.07, 6.45) is -8.56. The van der Waals surface area contributed by atoms with Gasteiger partial charge in [0.25, 0.3) is 0 Å². The summed E-state index contributed by atoms with van der Waals surface area (Å²) in [4.78, 5) is 10.5. The van der Waals surface area contributed by atoms with Crippen LogP contribution in [0.3, 0.4) is 0 Å². The van der Waals surface area contributed by atoms with Crippen LogP contribution in [0.1, 0.15) is 11.6 Å². The number of benzene rings is 1. The molecule has 0 unspecified atom stereocenters. The van der Waals surface area contributed by atoms with Crippen LogP contribution >= 0.6 is 0 Å². The number of alkyl halides is 4. The Kier molecular flexibility index (Phi) is 4.12. The molecule has 3 N–H and O–H groups in total. The lowest BCUT2D eigenvalue weighted by atomic mass is 10.1. The molecule has 100 valence electrons. The maximum absolute atomic E-state index is 12.5. The van der Waals surface area contributed by atoms with Gasteiger partial charge in [-0.25, -0.2) is 0 Å². The van der Waals surface area contributed by atoms with E-state index in [0.717, 1.165) is 24.3 Å². The van der Waals surface area contributed by atoms with Crippen LogP contribution in [-0.4, -0.2) is 23.6 Å². The highest BCUT2D eigenvalue weighted by molar-refractivity contribution is 5.75. The minimum absolute atomic E-state index is 0.134. The lowest BCUT2D eigenvalue weighted by Crippen LogP contribution is -2.33. The Morgan fingerprint density at radius 3 is 2.17 bits per heavy atom. The SMILES string of the molecule is N[C@H](C(=O)O)c1ccc(OC(F)(F)C(F)F)cc1. The van der Waals surface area contributed by atoms with Gasteiger partial charge in [-0.2, -0.15) is 17.6 Å². The van der Waals surface area contributed by atoms with E-state index in [0.29, 0.717) is 0 Å². The zero-order valence-electron chi connectivity index (χ0n) is 8.82. The van der Waals surface area contributed by atoms with Gasteiger partial charge in [-0.3, -0.25) is 4.79 Å². The summed E-state index contributed by atoms with van der Waals surface area (Å²) >= 11 is 0. The normalized spacial score (nSPS) is 13.4. The third-order valence-corrected chi connectivity index (χ3v) is 2.01. The van der Waals surface area contributed by atoms with E-state index in [1.807, 2.05) is 0 Å². The highest BCUT2D eigenvalue weighted by Gasteiger charge is 2.43. The van der Waals surface area contributed by atoms with Gasteiger partial charge in [0.05, 0.1) is 0 Å². The molecule has 0 heterocycles. The molecular weight excluding hydrogens is 258 g/mol. The number of rotatable bonds is 5. The minimum Gasteiger partial charge on any atom is -0.480 e. The maximum Gasteiger partial charge on any atom is 0.461 e. The Hall–Kier alpha value is -1.83.